The molecule has 0 aromatic heterocycles. The van der Waals surface area contributed by atoms with E-state index in [0.29, 0.717) is 6.54 Å². The largest absolute Gasteiger partial charge is 0.480 e. The maximum absolute atomic E-state index is 11.8. The van der Waals surface area contributed by atoms with E-state index < -0.39 is 5.97 Å². The van der Waals surface area contributed by atoms with E-state index in [-0.39, 0.29) is 23.8 Å². The van der Waals surface area contributed by atoms with Crippen LogP contribution in [0.1, 0.15) is 27.2 Å². The molecule has 0 aromatic carbocycles. The molecule has 0 aliphatic heterocycles. The van der Waals surface area contributed by atoms with E-state index in [1.165, 1.54) is 4.90 Å². The molecule has 1 amide bonds. The van der Waals surface area contributed by atoms with Gasteiger partial charge in [-0.25, -0.2) is 0 Å². The molecule has 0 radical (unpaired) electrons. The number of rotatable bonds is 4. The van der Waals surface area contributed by atoms with Crippen molar-refractivity contribution < 1.29 is 14.7 Å². The minimum atomic E-state index is -0.946. The molecule has 1 fully saturated rings. The molecular formula is C10H17NO3. The van der Waals surface area contributed by atoms with Gasteiger partial charge in [-0.2, -0.15) is 0 Å². The Morgan fingerprint density at radius 2 is 2.00 bits per heavy atom. The second-order valence-corrected chi connectivity index (χ2v) is 4.49. The molecule has 4 heteroatoms. The Kier molecular flexibility index (Phi) is 2.83. The lowest BCUT2D eigenvalue weighted by Crippen LogP contribution is -2.37. The summed E-state index contributed by atoms with van der Waals surface area (Å²) in [6, 6.07) is 0. The molecular weight excluding hydrogens is 182 g/mol. The summed E-state index contributed by atoms with van der Waals surface area (Å²) in [5.41, 5.74) is 0.0724. The predicted octanol–water partition coefficient (Wildman–Crippen LogP) is 0.966. The Bertz CT molecular complexity index is 260. The van der Waals surface area contributed by atoms with Gasteiger partial charge in [0, 0.05) is 12.5 Å². The highest BCUT2D eigenvalue weighted by molar-refractivity contribution is 5.85. The van der Waals surface area contributed by atoms with Gasteiger partial charge in [-0.15, -0.1) is 0 Å². The van der Waals surface area contributed by atoms with Crippen LogP contribution < -0.4 is 0 Å². The molecule has 1 N–H and O–H groups in total. The van der Waals surface area contributed by atoms with Crippen LogP contribution in [0.2, 0.25) is 0 Å². The summed E-state index contributed by atoms with van der Waals surface area (Å²) in [6.07, 6.45) is 0.877. The van der Waals surface area contributed by atoms with Crippen LogP contribution in [-0.2, 0) is 9.59 Å². The zero-order valence-corrected chi connectivity index (χ0v) is 8.91. The monoisotopic (exact) mass is 199 g/mol. The fraction of sp³-hybridized carbons (Fsp3) is 0.800. The van der Waals surface area contributed by atoms with Gasteiger partial charge in [0.2, 0.25) is 5.91 Å². The average molecular weight is 199 g/mol. The SMILES string of the molecule is CCN(CC(=O)O)C(=O)C1CC1(C)C. The summed E-state index contributed by atoms with van der Waals surface area (Å²) in [5.74, 6) is -0.930. The molecule has 1 rings (SSSR count). The van der Waals surface area contributed by atoms with E-state index in [2.05, 4.69) is 0 Å². The third kappa shape index (κ3) is 2.25. The number of carbonyl (C=O) groups is 2. The van der Waals surface area contributed by atoms with Crippen molar-refractivity contribution in [1.82, 2.24) is 4.90 Å². The first kappa shape index (κ1) is 11.0. The third-order valence-electron chi connectivity index (χ3n) is 2.83. The fourth-order valence-corrected chi connectivity index (χ4v) is 1.62. The summed E-state index contributed by atoms with van der Waals surface area (Å²) in [4.78, 5) is 23.6. The summed E-state index contributed by atoms with van der Waals surface area (Å²) in [5, 5.41) is 8.60. The van der Waals surface area contributed by atoms with Gasteiger partial charge in [0.15, 0.2) is 0 Å². The van der Waals surface area contributed by atoms with Gasteiger partial charge >= 0.3 is 5.97 Å². The number of likely N-dealkylation sites (N-methyl/N-ethyl adjacent to an activating group) is 1. The Balaban J connectivity index is 2.54. The number of hydrogen-bond acceptors (Lipinski definition) is 2. The van der Waals surface area contributed by atoms with Crippen LogP contribution in [0.25, 0.3) is 0 Å². The van der Waals surface area contributed by atoms with Crippen molar-refractivity contribution >= 4 is 11.9 Å². The maximum Gasteiger partial charge on any atom is 0.323 e. The van der Waals surface area contributed by atoms with Gasteiger partial charge in [0.1, 0.15) is 6.54 Å². The highest BCUT2D eigenvalue weighted by Gasteiger charge is 2.51. The van der Waals surface area contributed by atoms with Crippen molar-refractivity contribution in [2.45, 2.75) is 27.2 Å². The first-order chi connectivity index (χ1) is 6.38. The lowest BCUT2D eigenvalue weighted by atomic mass is 10.1. The first-order valence-electron chi connectivity index (χ1n) is 4.89. The molecule has 14 heavy (non-hydrogen) atoms. The molecule has 0 bridgehead atoms. The van der Waals surface area contributed by atoms with Crippen LogP contribution in [0, 0.1) is 11.3 Å². The first-order valence-corrected chi connectivity index (χ1v) is 4.89. The Hall–Kier alpha value is -1.06. The topological polar surface area (TPSA) is 57.6 Å². The maximum atomic E-state index is 11.8. The molecule has 1 aliphatic rings. The molecule has 1 unspecified atom stereocenters. The van der Waals surface area contributed by atoms with E-state index in [1.54, 1.807) is 6.92 Å². The quantitative estimate of drug-likeness (QED) is 0.733. The summed E-state index contributed by atoms with van der Waals surface area (Å²) in [7, 11) is 0. The van der Waals surface area contributed by atoms with Crippen molar-refractivity contribution in [2.24, 2.45) is 11.3 Å². The number of hydrogen-bond donors (Lipinski definition) is 1. The Morgan fingerprint density at radius 3 is 2.29 bits per heavy atom. The van der Waals surface area contributed by atoms with Crippen molar-refractivity contribution in [3.05, 3.63) is 0 Å². The fourth-order valence-electron chi connectivity index (χ4n) is 1.62. The molecule has 0 saturated heterocycles. The standard InChI is InChI=1S/C10H17NO3/c1-4-11(6-8(12)13)9(14)7-5-10(7,2)3/h7H,4-6H2,1-3H3,(H,12,13). The van der Waals surface area contributed by atoms with E-state index in [0.717, 1.165) is 6.42 Å². The number of carboxylic acids is 1. The zero-order valence-electron chi connectivity index (χ0n) is 8.91. The minimum absolute atomic E-state index is 0.0140. The van der Waals surface area contributed by atoms with Crippen molar-refractivity contribution in [3.63, 3.8) is 0 Å². The zero-order chi connectivity index (χ0) is 10.9. The number of aliphatic carboxylic acids is 1. The van der Waals surface area contributed by atoms with Crippen molar-refractivity contribution in [1.29, 1.82) is 0 Å². The van der Waals surface area contributed by atoms with Crippen molar-refractivity contribution in [2.75, 3.05) is 13.1 Å². The van der Waals surface area contributed by atoms with Crippen LogP contribution in [0.4, 0.5) is 0 Å². The second kappa shape index (κ2) is 3.59. The van der Waals surface area contributed by atoms with Crippen molar-refractivity contribution in [3.8, 4) is 0 Å². The van der Waals surface area contributed by atoms with E-state index in [9.17, 15) is 9.59 Å². The molecule has 4 nitrogen and oxygen atoms in total. The lowest BCUT2D eigenvalue weighted by Gasteiger charge is -2.19. The van der Waals surface area contributed by atoms with Gasteiger partial charge in [0.25, 0.3) is 0 Å². The molecule has 80 valence electrons. The summed E-state index contributed by atoms with van der Waals surface area (Å²) in [6.45, 7) is 6.16. The number of carboxylic acid groups (broad SMARTS) is 1. The van der Waals surface area contributed by atoms with Gasteiger partial charge in [-0.05, 0) is 18.8 Å². The number of amides is 1. The molecule has 1 aliphatic carbocycles. The van der Waals surface area contributed by atoms with Gasteiger partial charge in [-0.1, -0.05) is 13.8 Å². The van der Waals surface area contributed by atoms with E-state index in [4.69, 9.17) is 5.11 Å². The van der Waals surface area contributed by atoms with Gasteiger partial charge < -0.3 is 10.0 Å². The molecule has 1 atom stereocenters. The molecule has 0 heterocycles. The van der Waals surface area contributed by atoms with Crippen LogP contribution in [0.3, 0.4) is 0 Å². The number of carbonyl (C=O) groups excluding carboxylic acids is 1. The average Bonchev–Trinajstić information content (AvgIpc) is 2.69. The molecule has 0 spiro atoms. The predicted molar refractivity (Wildman–Crippen MR) is 51.8 cm³/mol. The summed E-state index contributed by atoms with van der Waals surface area (Å²) < 4.78 is 0. The third-order valence-corrected chi connectivity index (χ3v) is 2.83. The summed E-state index contributed by atoms with van der Waals surface area (Å²) >= 11 is 0. The van der Waals surface area contributed by atoms with Gasteiger partial charge in [0.05, 0.1) is 0 Å². The Morgan fingerprint density at radius 1 is 1.50 bits per heavy atom. The van der Waals surface area contributed by atoms with Crippen LogP contribution in [-0.4, -0.2) is 35.0 Å². The smallest absolute Gasteiger partial charge is 0.323 e. The Labute approximate surface area is 83.9 Å². The molecule has 1 saturated carbocycles. The van der Waals surface area contributed by atoms with E-state index >= 15 is 0 Å². The second-order valence-electron chi connectivity index (χ2n) is 4.49. The normalized spacial score (nSPS) is 22.9. The molecule has 0 aromatic rings. The minimum Gasteiger partial charge on any atom is -0.480 e. The highest BCUT2D eigenvalue weighted by atomic mass is 16.4. The highest BCUT2D eigenvalue weighted by Crippen LogP contribution is 2.52. The van der Waals surface area contributed by atoms with Crippen LogP contribution in [0.5, 0.6) is 0 Å². The van der Waals surface area contributed by atoms with Crippen LogP contribution in [0.15, 0.2) is 0 Å². The van der Waals surface area contributed by atoms with Gasteiger partial charge in [-0.3, -0.25) is 9.59 Å². The van der Waals surface area contributed by atoms with E-state index in [1.807, 2.05) is 13.8 Å². The van der Waals surface area contributed by atoms with Crippen LogP contribution >= 0.6 is 0 Å². The lowest BCUT2D eigenvalue weighted by molar-refractivity contribution is -0.145. The number of nitrogens with zero attached hydrogens (tertiary/aromatic N) is 1.